The largest absolute Gasteiger partial charge is 0.427 e. The Morgan fingerprint density at radius 3 is 1.60 bits per heavy atom. The van der Waals surface area contributed by atoms with Crippen molar-refractivity contribution < 1.29 is 29.0 Å². The number of carbonyl (C=O) groups is 1. The first-order chi connectivity index (χ1) is 27.2. The van der Waals surface area contributed by atoms with Crippen molar-refractivity contribution in [3.05, 3.63) is 114 Å². The molecule has 0 spiro atoms. The Balaban J connectivity index is 0.00000567. The molecule has 4 aliphatic rings. The SMILES string of the molecule is CC(=O)Oc1ccc(C=C2CCC(Cl)(P(C3CCCCC3)C3CCCCC3)C(=C3N(c4c(C)cc(C)cc4C)C(Br)=C(Br)N3c3c(C)cc(C)cc3C)C2Cl)cc1.[Ru]. The van der Waals surface area contributed by atoms with E-state index < -0.39 is 17.9 Å². The van der Waals surface area contributed by atoms with Gasteiger partial charge in [-0.1, -0.05) is 100 Å². The zero-order valence-electron chi connectivity index (χ0n) is 34.9. The summed E-state index contributed by atoms with van der Waals surface area (Å²) in [6.07, 6.45) is 16.7. The van der Waals surface area contributed by atoms with Crippen molar-refractivity contribution in [2.45, 2.75) is 147 Å². The van der Waals surface area contributed by atoms with Gasteiger partial charge in [-0.25, -0.2) is 0 Å². The molecule has 10 heteroatoms. The topological polar surface area (TPSA) is 32.8 Å². The zero-order chi connectivity index (χ0) is 40.8. The fourth-order valence-corrected chi connectivity index (χ4v) is 17.6. The number of ether oxygens (including phenoxy) is 1. The molecule has 0 saturated heterocycles. The number of allylic oxidation sites excluding steroid dienone is 2. The summed E-state index contributed by atoms with van der Waals surface area (Å²) in [5.41, 5.74) is 14.1. The van der Waals surface area contributed by atoms with E-state index in [2.05, 4.69) is 114 Å². The van der Waals surface area contributed by atoms with Gasteiger partial charge < -0.3 is 4.74 Å². The van der Waals surface area contributed by atoms with E-state index in [1.54, 1.807) is 0 Å². The van der Waals surface area contributed by atoms with Crippen molar-refractivity contribution in [2.75, 3.05) is 9.80 Å². The Kier molecular flexibility index (Phi) is 15.3. The number of hydrogen-bond acceptors (Lipinski definition) is 4. The Morgan fingerprint density at radius 2 is 1.19 bits per heavy atom. The maximum absolute atomic E-state index is 11.7. The minimum absolute atomic E-state index is 0. The minimum atomic E-state index is -0.671. The van der Waals surface area contributed by atoms with Gasteiger partial charge in [-0.2, -0.15) is 0 Å². The molecule has 3 aromatic carbocycles. The monoisotopic (exact) mass is 1050 g/mol. The molecule has 3 fully saturated rings. The molecule has 0 N–H and O–H groups in total. The number of alkyl halides is 2. The van der Waals surface area contributed by atoms with E-state index in [1.807, 2.05) is 24.3 Å². The number of anilines is 2. The van der Waals surface area contributed by atoms with Gasteiger partial charge in [-0.3, -0.25) is 14.6 Å². The molecule has 0 radical (unpaired) electrons. The molecule has 58 heavy (non-hydrogen) atoms. The van der Waals surface area contributed by atoms with Crippen molar-refractivity contribution in [1.29, 1.82) is 0 Å². The molecule has 0 aromatic heterocycles. The summed E-state index contributed by atoms with van der Waals surface area (Å²) in [4.78, 5) is 16.6. The van der Waals surface area contributed by atoms with Gasteiger partial charge in [0.05, 0.1) is 21.4 Å². The maximum atomic E-state index is 11.7. The summed E-state index contributed by atoms with van der Waals surface area (Å²) in [6.45, 7) is 14.7. The van der Waals surface area contributed by atoms with Crippen LogP contribution < -0.4 is 14.5 Å². The van der Waals surface area contributed by atoms with Crippen molar-refractivity contribution in [3.8, 4) is 5.75 Å². The summed E-state index contributed by atoms with van der Waals surface area (Å²) < 4.78 is 6.64. The molecular formula is C48H57Br2Cl2N2O2PRu. The second-order valence-corrected chi connectivity index (χ2v) is 22.9. The predicted molar refractivity (Wildman–Crippen MR) is 252 cm³/mol. The molecule has 1 aliphatic heterocycles. The Morgan fingerprint density at radius 1 is 0.759 bits per heavy atom. The van der Waals surface area contributed by atoms with E-state index >= 15 is 0 Å². The summed E-state index contributed by atoms with van der Waals surface area (Å²) in [6, 6.07) is 16.9. The summed E-state index contributed by atoms with van der Waals surface area (Å²) in [5.74, 6) is 1.25. The average Bonchev–Trinajstić information content (AvgIpc) is 3.38. The number of carbonyl (C=O) groups excluding carboxylic acids is 1. The van der Waals surface area contributed by atoms with Crippen molar-refractivity contribution in [1.82, 2.24) is 0 Å². The second kappa shape index (κ2) is 19.3. The smallest absolute Gasteiger partial charge is 0.308 e. The van der Waals surface area contributed by atoms with Gasteiger partial charge in [-0.15, -0.1) is 23.2 Å². The van der Waals surface area contributed by atoms with Crippen LogP contribution in [0.15, 0.2) is 74.7 Å². The van der Waals surface area contributed by atoms with Crippen molar-refractivity contribution in [3.63, 3.8) is 0 Å². The van der Waals surface area contributed by atoms with E-state index in [-0.39, 0.29) is 25.4 Å². The van der Waals surface area contributed by atoms with E-state index in [9.17, 15) is 4.79 Å². The number of nitrogens with zero attached hydrogens (tertiary/aromatic N) is 2. The third kappa shape index (κ3) is 9.18. The third-order valence-electron chi connectivity index (χ3n) is 12.5. The standard InChI is InChI=1S/C48H57Br2Cl2N2O2P.Ru/c1-29-24-31(3)43(32(4)25-29)53-45(49)46(50)54(44-33(5)26-30(2)27-34(44)6)47(53)41-42(51)37(28-36-18-20-38(21-19-36)56-35(7)55)22-23-48(41,52)57(39-14-10-8-11-15-39)40-16-12-9-13-17-40;/h18-21,24-28,39-40,42H,8-17,22-23H2,1-7H3;. The van der Waals surface area contributed by atoms with E-state index in [4.69, 9.17) is 27.9 Å². The molecular weight excluding hydrogens is 999 g/mol. The van der Waals surface area contributed by atoms with Crippen LogP contribution in [0.4, 0.5) is 11.4 Å². The van der Waals surface area contributed by atoms with Gasteiger partial charge in [0, 0.05) is 32.0 Å². The Bertz CT molecular complexity index is 1990. The quantitative estimate of drug-likeness (QED) is 0.0590. The number of rotatable bonds is 7. The van der Waals surface area contributed by atoms with E-state index in [0.29, 0.717) is 17.1 Å². The van der Waals surface area contributed by atoms with Gasteiger partial charge >= 0.3 is 5.97 Å². The molecule has 0 amide bonds. The normalized spacial score (nSPS) is 23.0. The number of benzene rings is 3. The molecule has 1 heterocycles. The maximum Gasteiger partial charge on any atom is 0.308 e. The van der Waals surface area contributed by atoms with Crippen molar-refractivity contribution >= 4 is 86.4 Å². The van der Waals surface area contributed by atoms with Crippen LogP contribution in [0.2, 0.25) is 0 Å². The number of hydrogen-bond donors (Lipinski definition) is 0. The van der Waals surface area contributed by atoms with E-state index in [1.165, 1.54) is 105 Å². The molecule has 4 nitrogen and oxygen atoms in total. The summed E-state index contributed by atoms with van der Waals surface area (Å²) >= 11 is 25.4. The van der Waals surface area contributed by atoms with Crippen LogP contribution in [0.25, 0.3) is 6.08 Å². The molecule has 3 saturated carbocycles. The average molecular weight is 1060 g/mol. The fraction of sp³-hybridized carbons (Fsp3) is 0.479. The molecule has 3 aromatic rings. The minimum Gasteiger partial charge on any atom is -0.427 e. The van der Waals surface area contributed by atoms with Crippen LogP contribution in [0.3, 0.4) is 0 Å². The molecule has 312 valence electrons. The van der Waals surface area contributed by atoms with Crippen molar-refractivity contribution in [2.24, 2.45) is 0 Å². The fourth-order valence-electron chi connectivity index (χ4n) is 10.4. The van der Waals surface area contributed by atoms with E-state index in [0.717, 1.165) is 56.0 Å². The Hall–Kier alpha value is -1.46. The number of aryl methyl sites for hydroxylation is 6. The van der Waals surface area contributed by atoms with Crippen LogP contribution in [-0.2, 0) is 24.3 Å². The van der Waals surface area contributed by atoms with Crippen LogP contribution in [0.1, 0.15) is 123 Å². The number of halogens is 4. The van der Waals surface area contributed by atoms with Gasteiger partial charge in [0.2, 0.25) is 0 Å². The zero-order valence-corrected chi connectivity index (χ0v) is 42.3. The number of esters is 1. The summed E-state index contributed by atoms with van der Waals surface area (Å²) in [5, 5.41) is -0.461. The van der Waals surface area contributed by atoms with Gasteiger partial charge in [0.1, 0.15) is 20.8 Å². The van der Waals surface area contributed by atoms with Gasteiger partial charge in [-0.05, 0) is 169 Å². The van der Waals surface area contributed by atoms with Gasteiger partial charge in [0.15, 0.2) is 0 Å². The molecule has 2 atom stereocenters. The van der Waals surface area contributed by atoms with Crippen LogP contribution in [0, 0.1) is 41.5 Å². The molecule has 0 bridgehead atoms. The first-order valence-electron chi connectivity index (χ1n) is 20.9. The molecule has 3 aliphatic carbocycles. The first-order valence-corrected chi connectivity index (χ1v) is 24.7. The van der Waals surface area contributed by atoms with Crippen LogP contribution in [-0.4, -0.2) is 27.3 Å². The molecule has 7 rings (SSSR count). The summed E-state index contributed by atoms with van der Waals surface area (Å²) in [7, 11) is -0.671. The second-order valence-electron chi connectivity index (χ2n) is 17.0. The van der Waals surface area contributed by atoms with Crippen LogP contribution in [0.5, 0.6) is 5.75 Å². The van der Waals surface area contributed by atoms with Gasteiger partial charge in [0.25, 0.3) is 0 Å². The van der Waals surface area contributed by atoms with Crippen LogP contribution >= 0.6 is 63.0 Å². The molecule has 2 unspecified atom stereocenters. The first kappa shape index (κ1) is 46.1. The Labute approximate surface area is 388 Å². The third-order valence-corrected chi connectivity index (χ3v) is 19.9. The predicted octanol–water partition coefficient (Wildman–Crippen LogP) is 15.5.